The number of carbonyl (C=O) groups excluding carboxylic acids is 1. The number of aromatic nitrogens is 2. The van der Waals surface area contributed by atoms with Crippen molar-refractivity contribution in [1.29, 1.82) is 0 Å². The minimum absolute atomic E-state index is 0.456. The largest absolute Gasteiger partial charge is 0.299 e. The van der Waals surface area contributed by atoms with Gasteiger partial charge in [-0.3, -0.25) is 9.20 Å². The standard InChI is InChI=1S/C15H11BrN2O/c1-10-3-2-4-11(7-10)15-17-13(9-19)14-8-12(16)5-6-18(14)15/h2-9H,1H3. The van der Waals surface area contributed by atoms with Crippen LogP contribution in [0.4, 0.5) is 0 Å². The summed E-state index contributed by atoms with van der Waals surface area (Å²) in [6.45, 7) is 2.04. The number of aryl methyl sites for hydroxylation is 1. The zero-order valence-electron chi connectivity index (χ0n) is 10.3. The molecule has 1 aromatic carbocycles. The van der Waals surface area contributed by atoms with E-state index in [9.17, 15) is 4.79 Å². The van der Waals surface area contributed by atoms with Crippen LogP contribution in [0.2, 0.25) is 0 Å². The lowest BCUT2D eigenvalue weighted by atomic mass is 10.1. The highest BCUT2D eigenvalue weighted by Crippen LogP contribution is 2.24. The molecule has 3 rings (SSSR count). The van der Waals surface area contributed by atoms with E-state index in [1.807, 2.05) is 47.9 Å². The number of benzene rings is 1. The van der Waals surface area contributed by atoms with Crippen molar-refractivity contribution in [2.75, 3.05) is 0 Å². The Bertz CT molecular complexity index is 777. The van der Waals surface area contributed by atoms with E-state index >= 15 is 0 Å². The van der Waals surface area contributed by atoms with Gasteiger partial charge in [-0.05, 0) is 25.1 Å². The number of fused-ring (bicyclic) bond motifs is 1. The molecular weight excluding hydrogens is 304 g/mol. The molecule has 0 unspecified atom stereocenters. The second kappa shape index (κ2) is 4.63. The SMILES string of the molecule is Cc1cccc(-c2nc(C=O)c3cc(Br)ccn23)c1. The summed E-state index contributed by atoms with van der Waals surface area (Å²) in [6.07, 6.45) is 2.71. The maximum Gasteiger partial charge on any atom is 0.170 e. The molecule has 0 radical (unpaired) electrons. The molecule has 19 heavy (non-hydrogen) atoms. The fraction of sp³-hybridized carbons (Fsp3) is 0.0667. The molecule has 3 nitrogen and oxygen atoms in total. The second-order valence-corrected chi connectivity index (χ2v) is 5.32. The van der Waals surface area contributed by atoms with E-state index in [-0.39, 0.29) is 0 Å². The number of rotatable bonds is 2. The summed E-state index contributed by atoms with van der Waals surface area (Å²) in [6, 6.07) is 11.9. The summed E-state index contributed by atoms with van der Waals surface area (Å²) in [5, 5.41) is 0. The minimum atomic E-state index is 0.456. The predicted octanol–water partition coefficient (Wildman–Crippen LogP) is 3.88. The van der Waals surface area contributed by atoms with Gasteiger partial charge < -0.3 is 0 Å². The van der Waals surface area contributed by atoms with Crippen LogP contribution in [0.25, 0.3) is 16.9 Å². The Morgan fingerprint density at radius 2 is 2.11 bits per heavy atom. The van der Waals surface area contributed by atoms with E-state index in [0.29, 0.717) is 5.69 Å². The molecule has 0 bridgehead atoms. The van der Waals surface area contributed by atoms with Gasteiger partial charge in [-0.25, -0.2) is 4.98 Å². The van der Waals surface area contributed by atoms with Crippen LogP contribution < -0.4 is 0 Å². The zero-order chi connectivity index (χ0) is 13.4. The van der Waals surface area contributed by atoms with Crippen molar-refractivity contribution in [3.63, 3.8) is 0 Å². The first kappa shape index (κ1) is 12.1. The highest BCUT2D eigenvalue weighted by Gasteiger charge is 2.12. The topological polar surface area (TPSA) is 34.4 Å². The number of pyridine rings is 1. The van der Waals surface area contributed by atoms with Crippen LogP contribution in [0.5, 0.6) is 0 Å². The number of nitrogens with zero attached hydrogens (tertiary/aromatic N) is 2. The Morgan fingerprint density at radius 3 is 2.84 bits per heavy atom. The quantitative estimate of drug-likeness (QED) is 0.673. The summed E-state index contributed by atoms with van der Waals surface area (Å²) in [4.78, 5) is 15.6. The van der Waals surface area contributed by atoms with Crippen LogP contribution >= 0.6 is 15.9 Å². The molecule has 0 saturated carbocycles. The van der Waals surface area contributed by atoms with Gasteiger partial charge in [0, 0.05) is 16.2 Å². The number of halogens is 1. The Kier molecular flexibility index (Phi) is 2.95. The first-order valence-corrected chi connectivity index (χ1v) is 6.68. The van der Waals surface area contributed by atoms with E-state index in [1.165, 1.54) is 5.56 Å². The van der Waals surface area contributed by atoms with Crippen molar-refractivity contribution < 1.29 is 4.79 Å². The molecule has 0 spiro atoms. The van der Waals surface area contributed by atoms with Gasteiger partial charge in [0.05, 0.1) is 5.52 Å². The molecule has 0 aliphatic rings. The van der Waals surface area contributed by atoms with Gasteiger partial charge in [0.25, 0.3) is 0 Å². The maximum absolute atomic E-state index is 11.2. The van der Waals surface area contributed by atoms with Crippen LogP contribution in [0.15, 0.2) is 47.1 Å². The summed E-state index contributed by atoms with van der Waals surface area (Å²) < 4.78 is 2.86. The number of hydrogen-bond donors (Lipinski definition) is 0. The smallest absolute Gasteiger partial charge is 0.170 e. The lowest BCUT2D eigenvalue weighted by Gasteiger charge is -2.02. The van der Waals surface area contributed by atoms with E-state index in [0.717, 1.165) is 27.7 Å². The summed E-state index contributed by atoms with van der Waals surface area (Å²) in [7, 11) is 0. The third-order valence-electron chi connectivity index (χ3n) is 3.02. The fourth-order valence-electron chi connectivity index (χ4n) is 2.16. The van der Waals surface area contributed by atoms with Gasteiger partial charge in [-0.2, -0.15) is 0 Å². The van der Waals surface area contributed by atoms with Gasteiger partial charge in [-0.15, -0.1) is 0 Å². The average Bonchev–Trinajstić information content (AvgIpc) is 2.76. The van der Waals surface area contributed by atoms with Gasteiger partial charge in [0.2, 0.25) is 0 Å². The summed E-state index contributed by atoms with van der Waals surface area (Å²) >= 11 is 3.42. The first-order valence-electron chi connectivity index (χ1n) is 5.89. The summed E-state index contributed by atoms with van der Waals surface area (Å²) in [5.41, 5.74) is 3.43. The van der Waals surface area contributed by atoms with Crippen molar-refractivity contribution in [3.8, 4) is 11.4 Å². The Morgan fingerprint density at radius 1 is 1.26 bits per heavy atom. The third kappa shape index (κ3) is 2.08. The highest BCUT2D eigenvalue weighted by molar-refractivity contribution is 9.10. The van der Waals surface area contributed by atoms with Crippen LogP contribution in [0.3, 0.4) is 0 Å². The molecule has 0 aliphatic heterocycles. The Balaban J connectivity index is 2.33. The number of imidazole rings is 1. The normalized spacial score (nSPS) is 10.8. The predicted molar refractivity (Wildman–Crippen MR) is 78.5 cm³/mol. The monoisotopic (exact) mass is 314 g/mol. The highest BCUT2D eigenvalue weighted by atomic mass is 79.9. The molecule has 0 fully saturated rings. The third-order valence-corrected chi connectivity index (χ3v) is 3.52. The second-order valence-electron chi connectivity index (χ2n) is 4.41. The number of carbonyl (C=O) groups is 1. The van der Waals surface area contributed by atoms with E-state index in [4.69, 9.17) is 0 Å². The van der Waals surface area contributed by atoms with Crippen LogP contribution in [0, 0.1) is 6.92 Å². The van der Waals surface area contributed by atoms with Crippen molar-refractivity contribution in [2.24, 2.45) is 0 Å². The molecule has 0 N–H and O–H groups in total. The van der Waals surface area contributed by atoms with Crippen molar-refractivity contribution >= 4 is 27.7 Å². The van der Waals surface area contributed by atoms with Crippen molar-refractivity contribution in [2.45, 2.75) is 6.92 Å². The molecule has 2 heterocycles. The van der Waals surface area contributed by atoms with Gasteiger partial charge >= 0.3 is 0 Å². The first-order chi connectivity index (χ1) is 9.19. The lowest BCUT2D eigenvalue weighted by molar-refractivity contribution is 0.112. The summed E-state index contributed by atoms with van der Waals surface area (Å²) in [5.74, 6) is 0.785. The van der Waals surface area contributed by atoms with Gasteiger partial charge in [0.15, 0.2) is 6.29 Å². The molecule has 4 heteroatoms. The molecule has 0 amide bonds. The lowest BCUT2D eigenvalue weighted by Crippen LogP contribution is -1.89. The molecule has 2 aromatic heterocycles. The minimum Gasteiger partial charge on any atom is -0.299 e. The molecule has 94 valence electrons. The maximum atomic E-state index is 11.2. The average molecular weight is 315 g/mol. The molecule has 0 aliphatic carbocycles. The number of hydrogen-bond acceptors (Lipinski definition) is 2. The molecule has 0 atom stereocenters. The van der Waals surface area contributed by atoms with Gasteiger partial charge in [0.1, 0.15) is 11.5 Å². The number of aldehydes is 1. The fourth-order valence-corrected chi connectivity index (χ4v) is 2.49. The molecule has 0 saturated heterocycles. The molecular formula is C15H11BrN2O. The zero-order valence-corrected chi connectivity index (χ0v) is 11.9. The van der Waals surface area contributed by atoms with E-state index in [2.05, 4.69) is 27.0 Å². The molecule has 3 aromatic rings. The van der Waals surface area contributed by atoms with Crippen LogP contribution in [0.1, 0.15) is 16.1 Å². The Hall–Kier alpha value is -1.94. The Labute approximate surface area is 119 Å². The van der Waals surface area contributed by atoms with E-state index in [1.54, 1.807) is 0 Å². The van der Waals surface area contributed by atoms with Gasteiger partial charge in [-0.1, -0.05) is 39.7 Å². The van der Waals surface area contributed by atoms with Crippen LogP contribution in [-0.4, -0.2) is 15.7 Å². The van der Waals surface area contributed by atoms with Crippen molar-refractivity contribution in [1.82, 2.24) is 9.38 Å². The van der Waals surface area contributed by atoms with Crippen LogP contribution in [-0.2, 0) is 0 Å². The van der Waals surface area contributed by atoms with Crippen molar-refractivity contribution in [3.05, 3.63) is 58.3 Å². The van der Waals surface area contributed by atoms with E-state index < -0.39 is 0 Å².